The molecular formula is C38H34N4O2. The summed E-state index contributed by atoms with van der Waals surface area (Å²) in [7, 11) is 0. The number of hydrogen-bond donors (Lipinski definition) is 2. The molecule has 0 atom stereocenters. The van der Waals surface area contributed by atoms with Crippen molar-refractivity contribution in [3.63, 3.8) is 0 Å². The molecule has 2 aromatic carbocycles. The Morgan fingerprint density at radius 3 is 1.36 bits per heavy atom. The van der Waals surface area contributed by atoms with Crippen LogP contribution in [0, 0.1) is 0 Å². The minimum Gasteiger partial charge on any atom is -0.494 e. The van der Waals surface area contributed by atoms with Gasteiger partial charge in [0.05, 0.1) is 36.0 Å². The third kappa shape index (κ3) is 5.66. The first-order valence-corrected chi connectivity index (χ1v) is 15.2. The Bertz CT molecular complexity index is 1880. The number of rotatable bonds is 8. The molecule has 2 aliphatic rings. The van der Waals surface area contributed by atoms with Gasteiger partial charge >= 0.3 is 0 Å². The molecular weight excluding hydrogens is 544 g/mol. The SMILES string of the molecule is CCCOc1ccc(-c2c3nc(cc4ccc([nH]4)c(-c4ccc(OCCC)cc4)c4nc(cc5ccc2[nH]5)C=C4)C=C3)cc1. The summed E-state index contributed by atoms with van der Waals surface area (Å²) in [5, 5.41) is 0. The highest BCUT2D eigenvalue weighted by Gasteiger charge is 2.13. The van der Waals surface area contributed by atoms with Crippen molar-refractivity contribution < 1.29 is 9.47 Å². The Kier molecular flexibility index (Phi) is 7.55. The van der Waals surface area contributed by atoms with Gasteiger partial charge in [0.1, 0.15) is 11.5 Å². The van der Waals surface area contributed by atoms with Crippen molar-refractivity contribution in [2.75, 3.05) is 13.2 Å². The average molecular weight is 579 g/mol. The van der Waals surface area contributed by atoms with Crippen molar-refractivity contribution >= 4 is 46.4 Å². The van der Waals surface area contributed by atoms with Gasteiger partial charge in [-0.25, -0.2) is 9.97 Å². The second kappa shape index (κ2) is 12.1. The molecule has 0 fully saturated rings. The highest BCUT2D eigenvalue weighted by Crippen LogP contribution is 2.33. The second-order valence-corrected chi connectivity index (χ2v) is 10.9. The third-order valence-corrected chi connectivity index (χ3v) is 7.63. The maximum Gasteiger partial charge on any atom is 0.119 e. The lowest BCUT2D eigenvalue weighted by molar-refractivity contribution is 0.317. The Hall–Kier alpha value is -5.36. The van der Waals surface area contributed by atoms with E-state index in [2.05, 4.69) is 109 Å². The zero-order valence-electron chi connectivity index (χ0n) is 24.9. The van der Waals surface area contributed by atoms with E-state index in [4.69, 9.17) is 19.4 Å². The number of benzene rings is 2. The molecule has 0 amide bonds. The number of aromatic amines is 2. The van der Waals surface area contributed by atoms with Crippen molar-refractivity contribution in [2.24, 2.45) is 0 Å². The first-order chi connectivity index (χ1) is 21.7. The van der Waals surface area contributed by atoms with E-state index in [1.807, 2.05) is 24.3 Å². The predicted octanol–water partition coefficient (Wildman–Crippen LogP) is 9.57. The summed E-state index contributed by atoms with van der Waals surface area (Å²) in [4.78, 5) is 17.3. The van der Waals surface area contributed by atoms with Crippen LogP contribution >= 0.6 is 0 Å². The van der Waals surface area contributed by atoms with Crippen LogP contribution in [0.3, 0.4) is 0 Å². The van der Waals surface area contributed by atoms with Gasteiger partial charge in [-0.1, -0.05) is 38.1 Å². The molecule has 0 saturated heterocycles. The monoisotopic (exact) mass is 578 g/mol. The van der Waals surface area contributed by atoms with Crippen LogP contribution in [0.2, 0.25) is 0 Å². The molecule has 6 nitrogen and oxygen atoms in total. The summed E-state index contributed by atoms with van der Waals surface area (Å²) in [5.74, 6) is 1.74. The highest BCUT2D eigenvalue weighted by atomic mass is 16.5. The van der Waals surface area contributed by atoms with Gasteiger partial charge in [-0.05, 0) is 109 Å². The molecule has 218 valence electrons. The Morgan fingerprint density at radius 1 is 0.523 bits per heavy atom. The lowest BCUT2D eigenvalue weighted by atomic mass is 10.0. The predicted molar refractivity (Wildman–Crippen MR) is 181 cm³/mol. The average Bonchev–Trinajstić information content (AvgIpc) is 3.87. The lowest BCUT2D eigenvalue weighted by Gasteiger charge is -2.07. The van der Waals surface area contributed by atoms with Crippen molar-refractivity contribution in [1.29, 1.82) is 0 Å². The normalized spacial score (nSPS) is 12.0. The molecule has 6 heteroatoms. The largest absolute Gasteiger partial charge is 0.494 e. The van der Waals surface area contributed by atoms with Gasteiger partial charge in [0.25, 0.3) is 0 Å². The number of ether oxygens (including phenoxy) is 2. The van der Waals surface area contributed by atoms with Gasteiger partial charge < -0.3 is 19.4 Å². The number of aromatic nitrogens is 4. The molecule has 0 radical (unpaired) electrons. The fourth-order valence-corrected chi connectivity index (χ4v) is 5.56. The van der Waals surface area contributed by atoms with Gasteiger partial charge in [0.2, 0.25) is 0 Å². The van der Waals surface area contributed by atoms with E-state index < -0.39 is 0 Å². The smallest absolute Gasteiger partial charge is 0.119 e. The second-order valence-electron chi connectivity index (χ2n) is 10.9. The first kappa shape index (κ1) is 27.5. The van der Waals surface area contributed by atoms with Gasteiger partial charge in [0.15, 0.2) is 0 Å². The van der Waals surface area contributed by atoms with Gasteiger partial charge in [0, 0.05) is 33.2 Å². The quantitative estimate of drug-likeness (QED) is 0.188. The van der Waals surface area contributed by atoms with Gasteiger partial charge in [-0.2, -0.15) is 0 Å². The third-order valence-electron chi connectivity index (χ3n) is 7.63. The van der Waals surface area contributed by atoms with Crippen LogP contribution in [0.1, 0.15) is 49.5 Å². The van der Waals surface area contributed by atoms with Crippen LogP contribution in [0.25, 0.3) is 68.6 Å². The van der Waals surface area contributed by atoms with Crippen molar-refractivity contribution in [3.8, 4) is 33.8 Å². The molecule has 5 aromatic rings. The molecule has 2 aliphatic heterocycles. The van der Waals surface area contributed by atoms with E-state index in [0.29, 0.717) is 13.2 Å². The summed E-state index contributed by atoms with van der Waals surface area (Å²) in [6, 6.07) is 29.1. The highest BCUT2D eigenvalue weighted by molar-refractivity contribution is 5.93. The molecule has 5 heterocycles. The molecule has 3 aromatic heterocycles. The fraction of sp³-hybridized carbons (Fsp3) is 0.158. The molecule has 0 aliphatic carbocycles. The summed E-state index contributed by atoms with van der Waals surface area (Å²) in [6.07, 6.45) is 10.2. The number of H-pyrrole nitrogens is 2. The van der Waals surface area contributed by atoms with Gasteiger partial charge in [-0.3, -0.25) is 0 Å². The summed E-state index contributed by atoms with van der Waals surface area (Å²) in [5.41, 5.74) is 11.7. The first-order valence-electron chi connectivity index (χ1n) is 15.2. The molecule has 2 N–H and O–H groups in total. The Labute approximate surface area is 256 Å². The van der Waals surface area contributed by atoms with E-state index in [0.717, 1.165) is 91.4 Å². The molecule has 0 saturated carbocycles. The van der Waals surface area contributed by atoms with Crippen LogP contribution in [0.15, 0.2) is 84.9 Å². The van der Waals surface area contributed by atoms with Gasteiger partial charge in [-0.15, -0.1) is 0 Å². The topological polar surface area (TPSA) is 75.8 Å². The van der Waals surface area contributed by atoms with E-state index in [9.17, 15) is 0 Å². The maximum absolute atomic E-state index is 5.84. The number of hydrogen-bond acceptors (Lipinski definition) is 4. The van der Waals surface area contributed by atoms with Crippen molar-refractivity contribution in [2.45, 2.75) is 26.7 Å². The molecule has 0 unspecified atom stereocenters. The number of fused-ring (bicyclic) bond motifs is 8. The van der Waals surface area contributed by atoms with Crippen LogP contribution < -0.4 is 9.47 Å². The summed E-state index contributed by atoms with van der Waals surface area (Å²) >= 11 is 0. The van der Waals surface area contributed by atoms with Crippen LogP contribution in [0.4, 0.5) is 0 Å². The Morgan fingerprint density at radius 2 is 0.955 bits per heavy atom. The molecule has 0 spiro atoms. The number of nitrogens with zero attached hydrogens (tertiary/aromatic N) is 2. The fourth-order valence-electron chi connectivity index (χ4n) is 5.56. The lowest BCUT2D eigenvalue weighted by Crippen LogP contribution is -1.94. The van der Waals surface area contributed by atoms with E-state index in [-0.39, 0.29) is 0 Å². The Balaban J connectivity index is 1.42. The summed E-state index contributed by atoms with van der Waals surface area (Å²) < 4.78 is 11.7. The molecule has 8 bridgehead atoms. The maximum atomic E-state index is 5.84. The van der Waals surface area contributed by atoms with Crippen LogP contribution in [0.5, 0.6) is 11.5 Å². The van der Waals surface area contributed by atoms with Crippen molar-refractivity contribution in [1.82, 2.24) is 19.9 Å². The van der Waals surface area contributed by atoms with Crippen LogP contribution in [-0.2, 0) is 0 Å². The van der Waals surface area contributed by atoms with Crippen LogP contribution in [-0.4, -0.2) is 33.1 Å². The van der Waals surface area contributed by atoms with E-state index in [1.165, 1.54) is 0 Å². The van der Waals surface area contributed by atoms with E-state index >= 15 is 0 Å². The molecule has 7 rings (SSSR count). The summed E-state index contributed by atoms with van der Waals surface area (Å²) in [6.45, 7) is 5.62. The van der Waals surface area contributed by atoms with E-state index in [1.54, 1.807) is 0 Å². The standard InChI is InChI=1S/C38H34N4O2/c1-3-21-43-31-13-5-25(6-14-31)37-33-17-9-27(39-33)23-29-11-19-35(41-29)38(26-7-15-32(16-8-26)44-22-4-2)36-20-12-30(42-36)24-28-10-18-34(37)40-28/h5-20,23-24,39,42H,3-4,21-22H2,1-2H3. The zero-order chi connectivity index (χ0) is 29.9. The van der Waals surface area contributed by atoms with Crippen molar-refractivity contribution in [3.05, 3.63) is 108 Å². The minimum absolute atomic E-state index is 0.701. The minimum atomic E-state index is 0.701. The zero-order valence-corrected chi connectivity index (χ0v) is 24.9. The number of nitrogens with one attached hydrogen (secondary N) is 2. The molecule has 44 heavy (non-hydrogen) atoms.